The average Bonchev–Trinajstić information content (AvgIpc) is 2.60. The van der Waals surface area contributed by atoms with Crippen LogP contribution in [0.2, 0.25) is 0 Å². The van der Waals surface area contributed by atoms with E-state index < -0.39 is 0 Å². The Kier molecular flexibility index (Phi) is 3.56. The lowest BCUT2D eigenvalue weighted by Crippen LogP contribution is -2.40. The number of amides is 1. The average molecular weight is 307 g/mol. The highest BCUT2D eigenvalue weighted by atomic mass is 16.5. The summed E-state index contributed by atoms with van der Waals surface area (Å²) in [5.41, 5.74) is 4.65. The van der Waals surface area contributed by atoms with E-state index in [1.165, 1.54) is 11.1 Å². The molecule has 0 fully saturated rings. The number of fused-ring (bicyclic) bond motifs is 2. The number of benzene rings is 2. The fraction of sp³-hybridized carbons (Fsp3) is 0.350. The molecule has 4 rings (SSSR count). The molecule has 2 heterocycles. The van der Waals surface area contributed by atoms with Gasteiger partial charge in [0.1, 0.15) is 5.75 Å². The summed E-state index contributed by atoms with van der Waals surface area (Å²) in [6.45, 7) is 3.53. The van der Waals surface area contributed by atoms with Crippen LogP contribution in [0.25, 0.3) is 0 Å². The highest BCUT2D eigenvalue weighted by Gasteiger charge is 2.33. The molecule has 2 aromatic carbocycles. The molecule has 1 atom stereocenters. The second-order valence-corrected chi connectivity index (χ2v) is 6.40. The van der Waals surface area contributed by atoms with E-state index in [-0.39, 0.29) is 11.8 Å². The van der Waals surface area contributed by atoms with Crippen LogP contribution in [0.3, 0.4) is 0 Å². The van der Waals surface area contributed by atoms with Gasteiger partial charge in [0.05, 0.1) is 12.5 Å². The Bertz CT molecular complexity index is 753. The molecular formula is C20H21NO2. The Balaban J connectivity index is 1.72. The van der Waals surface area contributed by atoms with Gasteiger partial charge in [0.25, 0.3) is 0 Å². The van der Waals surface area contributed by atoms with Crippen molar-refractivity contribution in [1.82, 2.24) is 0 Å². The summed E-state index contributed by atoms with van der Waals surface area (Å²) >= 11 is 0. The zero-order chi connectivity index (χ0) is 15.8. The fourth-order valence-electron chi connectivity index (χ4n) is 3.85. The SMILES string of the molecule is Cc1cccc2c1N(C(=O)C1CCOc3ccccc31)CCC2. The summed E-state index contributed by atoms with van der Waals surface area (Å²) in [4.78, 5) is 15.3. The normalized spacial score (nSPS) is 19.5. The van der Waals surface area contributed by atoms with Gasteiger partial charge in [0, 0.05) is 17.8 Å². The van der Waals surface area contributed by atoms with Gasteiger partial charge < -0.3 is 9.64 Å². The first kappa shape index (κ1) is 14.3. The molecular weight excluding hydrogens is 286 g/mol. The standard InChI is InChI=1S/C20H21NO2/c1-14-6-4-7-15-8-5-12-21(19(14)15)20(22)17-11-13-23-18-10-3-2-9-16(17)18/h2-4,6-7,9-10,17H,5,8,11-13H2,1H3. The topological polar surface area (TPSA) is 29.5 Å². The number of nitrogens with zero attached hydrogens (tertiary/aromatic N) is 1. The summed E-state index contributed by atoms with van der Waals surface area (Å²) in [7, 11) is 0. The molecule has 2 aliphatic rings. The highest BCUT2D eigenvalue weighted by molar-refractivity contribution is 6.00. The van der Waals surface area contributed by atoms with Crippen molar-refractivity contribution < 1.29 is 9.53 Å². The number of carbonyl (C=O) groups is 1. The van der Waals surface area contributed by atoms with Gasteiger partial charge in [-0.05, 0) is 43.4 Å². The quantitative estimate of drug-likeness (QED) is 0.801. The third-order valence-electron chi connectivity index (χ3n) is 4.94. The minimum atomic E-state index is -0.0921. The number of para-hydroxylation sites is 2. The van der Waals surface area contributed by atoms with Crippen LogP contribution in [-0.2, 0) is 11.2 Å². The molecule has 0 aromatic heterocycles. The van der Waals surface area contributed by atoms with Gasteiger partial charge in [0.15, 0.2) is 0 Å². The zero-order valence-corrected chi connectivity index (χ0v) is 13.4. The Labute approximate surface area is 136 Å². The largest absolute Gasteiger partial charge is 0.493 e. The first-order valence-electron chi connectivity index (χ1n) is 8.37. The van der Waals surface area contributed by atoms with Gasteiger partial charge >= 0.3 is 0 Å². The van der Waals surface area contributed by atoms with Crippen molar-refractivity contribution in [1.29, 1.82) is 0 Å². The van der Waals surface area contributed by atoms with E-state index >= 15 is 0 Å². The highest BCUT2D eigenvalue weighted by Crippen LogP contribution is 2.38. The Hall–Kier alpha value is -2.29. The van der Waals surface area contributed by atoms with Crippen molar-refractivity contribution in [2.75, 3.05) is 18.1 Å². The summed E-state index contributed by atoms with van der Waals surface area (Å²) in [5, 5.41) is 0. The Morgan fingerprint density at radius 1 is 1.17 bits per heavy atom. The molecule has 23 heavy (non-hydrogen) atoms. The van der Waals surface area contributed by atoms with E-state index in [1.807, 2.05) is 29.2 Å². The van der Waals surface area contributed by atoms with Gasteiger partial charge in [0.2, 0.25) is 5.91 Å². The van der Waals surface area contributed by atoms with Gasteiger partial charge in [-0.3, -0.25) is 4.79 Å². The van der Waals surface area contributed by atoms with Crippen LogP contribution in [0.5, 0.6) is 5.75 Å². The van der Waals surface area contributed by atoms with Gasteiger partial charge in [-0.25, -0.2) is 0 Å². The lowest BCUT2D eigenvalue weighted by Gasteiger charge is -2.35. The number of aryl methyl sites for hydroxylation is 2. The molecule has 2 aliphatic heterocycles. The van der Waals surface area contributed by atoms with Crippen molar-refractivity contribution in [3.63, 3.8) is 0 Å². The lowest BCUT2D eigenvalue weighted by atomic mass is 9.90. The third-order valence-corrected chi connectivity index (χ3v) is 4.94. The number of carbonyl (C=O) groups excluding carboxylic acids is 1. The minimum absolute atomic E-state index is 0.0921. The monoisotopic (exact) mass is 307 g/mol. The molecule has 0 N–H and O–H groups in total. The summed E-state index contributed by atoms with van der Waals surface area (Å²) in [6, 6.07) is 14.3. The van der Waals surface area contributed by atoms with Crippen LogP contribution >= 0.6 is 0 Å². The van der Waals surface area contributed by atoms with Gasteiger partial charge in [-0.15, -0.1) is 0 Å². The van der Waals surface area contributed by atoms with E-state index in [0.29, 0.717) is 6.61 Å². The van der Waals surface area contributed by atoms with Crippen molar-refractivity contribution in [3.8, 4) is 5.75 Å². The molecule has 0 radical (unpaired) electrons. The molecule has 0 spiro atoms. The number of anilines is 1. The summed E-state index contributed by atoms with van der Waals surface area (Å²) < 4.78 is 5.71. The Morgan fingerprint density at radius 2 is 2.04 bits per heavy atom. The van der Waals surface area contributed by atoms with E-state index in [2.05, 4.69) is 25.1 Å². The minimum Gasteiger partial charge on any atom is -0.493 e. The maximum Gasteiger partial charge on any atom is 0.234 e. The van der Waals surface area contributed by atoms with Crippen molar-refractivity contribution in [3.05, 3.63) is 59.2 Å². The van der Waals surface area contributed by atoms with Crippen LogP contribution in [0.4, 0.5) is 5.69 Å². The van der Waals surface area contributed by atoms with Crippen LogP contribution in [-0.4, -0.2) is 19.1 Å². The fourth-order valence-corrected chi connectivity index (χ4v) is 3.85. The maximum atomic E-state index is 13.3. The second-order valence-electron chi connectivity index (χ2n) is 6.40. The van der Waals surface area contributed by atoms with Crippen molar-refractivity contribution in [2.45, 2.75) is 32.1 Å². The summed E-state index contributed by atoms with van der Waals surface area (Å²) in [6.07, 6.45) is 2.85. The van der Waals surface area contributed by atoms with Crippen LogP contribution in [0, 0.1) is 6.92 Å². The maximum absolute atomic E-state index is 13.3. The smallest absolute Gasteiger partial charge is 0.234 e. The molecule has 0 saturated heterocycles. The molecule has 0 saturated carbocycles. The first-order chi connectivity index (χ1) is 11.3. The van der Waals surface area contributed by atoms with E-state index in [9.17, 15) is 4.79 Å². The molecule has 118 valence electrons. The molecule has 3 nitrogen and oxygen atoms in total. The zero-order valence-electron chi connectivity index (χ0n) is 13.4. The molecule has 2 aromatic rings. The predicted octanol–water partition coefficient (Wildman–Crippen LogP) is 3.84. The lowest BCUT2D eigenvalue weighted by molar-refractivity contribution is -0.120. The van der Waals surface area contributed by atoms with Gasteiger partial charge in [-0.2, -0.15) is 0 Å². The number of ether oxygens (including phenoxy) is 1. The van der Waals surface area contributed by atoms with Crippen LogP contribution in [0.1, 0.15) is 35.4 Å². The number of hydrogen-bond acceptors (Lipinski definition) is 2. The molecule has 1 unspecified atom stereocenters. The number of rotatable bonds is 1. The molecule has 0 bridgehead atoms. The van der Waals surface area contributed by atoms with E-state index in [4.69, 9.17) is 4.74 Å². The van der Waals surface area contributed by atoms with E-state index in [1.54, 1.807) is 0 Å². The molecule has 3 heteroatoms. The molecule has 0 aliphatic carbocycles. The van der Waals surface area contributed by atoms with Gasteiger partial charge in [-0.1, -0.05) is 36.4 Å². The first-order valence-corrected chi connectivity index (χ1v) is 8.37. The third kappa shape index (κ3) is 2.40. The number of hydrogen-bond donors (Lipinski definition) is 0. The van der Waals surface area contributed by atoms with Crippen LogP contribution in [0.15, 0.2) is 42.5 Å². The van der Waals surface area contributed by atoms with Crippen molar-refractivity contribution >= 4 is 11.6 Å². The van der Waals surface area contributed by atoms with Crippen LogP contribution < -0.4 is 9.64 Å². The summed E-state index contributed by atoms with van der Waals surface area (Å²) in [5.74, 6) is 0.987. The molecule has 1 amide bonds. The second kappa shape index (κ2) is 5.73. The predicted molar refractivity (Wildman–Crippen MR) is 91.1 cm³/mol. The van der Waals surface area contributed by atoms with E-state index in [0.717, 1.165) is 42.8 Å². The Morgan fingerprint density at radius 3 is 2.96 bits per heavy atom. The van der Waals surface area contributed by atoms with Crippen molar-refractivity contribution in [2.24, 2.45) is 0 Å².